The lowest BCUT2D eigenvalue weighted by molar-refractivity contribution is -0.140. The van der Waals surface area contributed by atoms with Crippen molar-refractivity contribution in [2.45, 2.75) is 26.1 Å². The van der Waals surface area contributed by atoms with E-state index < -0.39 is 6.04 Å². The van der Waals surface area contributed by atoms with Crippen LogP contribution < -0.4 is 5.32 Å². The predicted molar refractivity (Wildman–Crippen MR) is 108 cm³/mol. The maximum atomic E-state index is 13.2. The second-order valence-electron chi connectivity index (χ2n) is 6.67. The number of pyridine rings is 1. The van der Waals surface area contributed by atoms with Crippen LogP contribution >= 0.6 is 0 Å². The Morgan fingerprint density at radius 1 is 1.00 bits per heavy atom. The topological polar surface area (TPSA) is 62.3 Å². The van der Waals surface area contributed by atoms with Gasteiger partial charge in [0.25, 0.3) is 0 Å². The van der Waals surface area contributed by atoms with Crippen molar-refractivity contribution < 1.29 is 14.0 Å². The molecule has 0 spiro atoms. The van der Waals surface area contributed by atoms with Gasteiger partial charge in [-0.25, -0.2) is 4.39 Å². The molecule has 0 aliphatic carbocycles. The number of benzene rings is 2. The Kier molecular flexibility index (Phi) is 6.68. The Hall–Kier alpha value is -3.54. The number of nitrogens with zero attached hydrogens (tertiary/aromatic N) is 2. The van der Waals surface area contributed by atoms with Crippen molar-refractivity contribution in [1.29, 1.82) is 0 Å². The van der Waals surface area contributed by atoms with Gasteiger partial charge < -0.3 is 10.2 Å². The Morgan fingerprint density at radius 3 is 2.34 bits per heavy atom. The molecule has 0 aliphatic rings. The zero-order valence-corrected chi connectivity index (χ0v) is 16.1. The average Bonchev–Trinajstić information content (AvgIpc) is 2.74. The van der Waals surface area contributed by atoms with Crippen LogP contribution in [-0.4, -0.2) is 21.7 Å². The van der Waals surface area contributed by atoms with Crippen LogP contribution in [0.2, 0.25) is 0 Å². The number of rotatable bonds is 7. The zero-order valence-electron chi connectivity index (χ0n) is 16.1. The molecular weight excluding hydrogens is 369 g/mol. The van der Waals surface area contributed by atoms with Crippen LogP contribution in [-0.2, 0) is 22.7 Å². The largest absolute Gasteiger partial charge is 0.350 e. The van der Waals surface area contributed by atoms with E-state index in [9.17, 15) is 14.0 Å². The van der Waals surface area contributed by atoms with Crippen LogP contribution in [0, 0.1) is 5.82 Å². The molecule has 0 aliphatic heterocycles. The molecule has 0 saturated carbocycles. The first-order valence-corrected chi connectivity index (χ1v) is 9.28. The number of nitrogens with one attached hydrogen (secondary N) is 1. The van der Waals surface area contributed by atoms with Crippen molar-refractivity contribution in [3.63, 3.8) is 0 Å². The molecule has 3 rings (SSSR count). The second kappa shape index (κ2) is 9.59. The summed E-state index contributed by atoms with van der Waals surface area (Å²) in [7, 11) is 0. The minimum absolute atomic E-state index is 0.190. The van der Waals surface area contributed by atoms with Crippen LogP contribution in [0.1, 0.15) is 29.7 Å². The summed E-state index contributed by atoms with van der Waals surface area (Å²) >= 11 is 0. The highest BCUT2D eigenvalue weighted by molar-refractivity contribution is 5.88. The summed E-state index contributed by atoms with van der Waals surface area (Å²) in [5.74, 6) is -0.894. The number of amides is 2. The summed E-state index contributed by atoms with van der Waals surface area (Å²) in [6, 6.07) is 17.9. The standard InChI is InChI=1S/C23H22FN3O2/c1-17(28)27(16-18-9-11-21(24)12-10-18)22(20-7-3-2-4-8-20)23(29)26-15-19-6-5-13-25-14-19/h2-14,22H,15-16H2,1H3,(H,26,29)/t22-/m0/s1. The van der Waals surface area contributed by atoms with Crippen molar-refractivity contribution in [2.24, 2.45) is 0 Å². The van der Waals surface area contributed by atoms with Crippen molar-refractivity contribution in [2.75, 3.05) is 0 Å². The highest BCUT2D eigenvalue weighted by Gasteiger charge is 2.29. The van der Waals surface area contributed by atoms with Crippen LogP contribution in [0.15, 0.2) is 79.1 Å². The Labute approximate surface area is 169 Å². The summed E-state index contributed by atoms with van der Waals surface area (Å²) in [4.78, 5) is 31.1. The molecule has 2 amide bonds. The summed E-state index contributed by atoms with van der Waals surface area (Å²) < 4.78 is 13.2. The molecule has 3 aromatic rings. The van der Waals surface area contributed by atoms with Gasteiger partial charge in [0.2, 0.25) is 11.8 Å². The third-order valence-electron chi connectivity index (χ3n) is 4.54. The van der Waals surface area contributed by atoms with Gasteiger partial charge in [0.1, 0.15) is 11.9 Å². The number of halogens is 1. The van der Waals surface area contributed by atoms with Crippen molar-refractivity contribution in [3.8, 4) is 0 Å². The summed E-state index contributed by atoms with van der Waals surface area (Å²) in [5.41, 5.74) is 2.30. The summed E-state index contributed by atoms with van der Waals surface area (Å²) in [5, 5.41) is 2.89. The molecule has 2 aromatic carbocycles. The van der Waals surface area contributed by atoms with Gasteiger partial charge in [0, 0.05) is 32.4 Å². The highest BCUT2D eigenvalue weighted by atomic mass is 19.1. The maximum absolute atomic E-state index is 13.2. The monoisotopic (exact) mass is 391 g/mol. The number of hydrogen-bond acceptors (Lipinski definition) is 3. The lowest BCUT2D eigenvalue weighted by atomic mass is 10.0. The molecule has 1 aromatic heterocycles. The van der Waals surface area contributed by atoms with Gasteiger partial charge >= 0.3 is 0 Å². The van der Waals surface area contributed by atoms with E-state index in [0.717, 1.165) is 11.1 Å². The van der Waals surface area contributed by atoms with E-state index >= 15 is 0 Å². The SMILES string of the molecule is CC(=O)N(Cc1ccc(F)cc1)[C@H](C(=O)NCc1cccnc1)c1ccccc1. The van der Waals surface area contributed by atoms with Gasteiger partial charge in [-0.15, -0.1) is 0 Å². The van der Waals surface area contributed by atoms with Crippen molar-refractivity contribution in [1.82, 2.24) is 15.2 Å². The Bertz CT molecular complexity index is 947. The third kappa shape index (κ3) is 5.48. The molecule has 0 saturated heterocycles. The minimum atomic E-state index is -0.810. The summed E-state index contributed by atoms with van der Waals surface area (Å²) in [6.07, 6.45) is 3.34. The fourth-order valence-electron chi connectivity index (χ4n) is 3.07. The van der Waals surface area contributed by atoms with Crippen LogP contribution in [0.5, 0.6) is 0 Å². The smallest absolute Gasteiger partial charge is 0.247 e. The molecule has 1 N–H and O–H groups in total. The third-order valence-corrected chi connectivity index (χ3v) is 4.54. The van der Waals surface area contributed by atoms with Crippen LogP contribution in [0.3, 0.4) is 0 Å². The molecule has 148 valence electrons. The molecule has 0 bridgehead atoms. The van der Waals surface area contributed by atoms with Gasteiger partial charge in [0.15, 0.2) is 0 Å². The van der Waals surface area contributed by atoms with Gasteiger partial charge in [0.05, 0.1) is 0 Å². The van der Waals surface area contributed by atoms with E-state index in [0.29, 0.717) is 12.1 Å². The molecule has 0 unspecified atom stereocenters. The fraction of sp³-hybridized carbons (Fsp3) is 0.174. The number of aromatic nitrogens is 1. The Morgan fingerprint density at radius 2 is 1.72 bits per heavy atom. The zero-order chi connectivity index (χ0) is 20.6. The molecular formula is C23H22FN3O2. The van der Waals surface area contributed by atoms with E-state index in [1.807, 2.05) is 36.4 Å². The average molecular weight is 391 g/mol. The summed E-state index contributed by atoms with van der Waals surface area (Å²) in [6.45, 7) is 1.92. The maximum Gasteiger partial charge on any atom is 0.247 e. The van der Waals surface area contributed by atoms with Gasteiger partial charge in [-0.3, -0.25) is 14.6 Å². The molecule has 5 nitrogen and oxygen atoms in total. The van der Waals surface area contributed by atoms with Crippen molar-refractivity contribution >= 4 is 11.8 Å². The van der Waals surface area contributed by atoms with E-state index in [1.54, 1.807) is 30.6 Å². The predicted octanol–water partition coefficient (Wildman–Crippen LogP) is 3.63. The molecule has 0 radical (unpaired) electrons. The molecule has 1 atom stereocenters. The first-order valence-electron chi connectivity index (χ1n) is 9.28. The van der Waals surface area contributed by atoms with Gasteiger partial charge in [-0.2, -0.15) is 0 Å². The quantitative estimate of drug-likeness (QED) is 0.669. The normalized spacial score (nSPS) is 11.5. The van der Waals surface area contributed by atoms with Crippen molar-refractivity contribution in [3.05, 3.63) is 102 Å². The van der Waals surface area contributed by atoms with E-state index in [1.165, 1.54) is 24.0 Å². The van der Waals surface area contributed by atoms with E-state index in [4.69, 9.17) is 0 Å². The van der Waals surface area contributed by atoms with Gasteiger partial charge in [-0.1, -0.05) is 48.5 Å². The number of carbonyl (C=O) groups is 2. The fourth-order valence-corrected chi connectivity index (χ4v) is 3.07. The number of hydrogen-bond donors (Lipinski definition) is 1. The lowest BCUT2D eigenvalue weighted by Gasteiger charge is -2.30. The first kappa shape index (κ1) is 20.2. The number of carbonyl (C=O) groups excluding carboxylic acids is 2. The lowest BCUT2D eigenvalue weighted by Crippen LogP contribution is -2.42. The Balaban J connectivity index is 1.86. The van der Waals surface area contributed by atoms with E-state index in [2.05, 4.69) is 10.3 Å². The highest BCUT2D eigenvalue weighted by Crippen LogP contribution is 2.24. The molecule has 1 heterocycles. The van der Waals surface area contributed by atoms with Crippen LogP contribution in [0.25, 0.3) is 0 Å². The van der Waals surface area contributed by atoms with Gasteiger partial charge in [-0.05, 0) is 34.9 Å². The molecule has 29 heavy (non-hydrogen) atoms. The van der Waals surface area contributed by atoms with Crippen LogP contribution in [0.4, 0.5) is 4.39 Å². The second-order valence-corrected chi connectivity index (χ2v) is 6.67. The molecule has 6 heteroatoms. The first-order chi connectivity index (χ1) is 14.0. The molecule has 0 fully saturated rings. The van der Waals surface area contributed by atoms with E-state index in [-0.39, 0.29) is 24.2 Å². The minimum Gasteiger partial charge on any atom is -0.350 e.